The van der Waals surface area contributed by atoms with Crippen molar-refractivity contribution in [2.45, 2.75) is 20.8 Å². The van der Waals surface area contributed by atoms with Gasteiger partial charge in [-0.3, -0.25) is 4.79 Å². The summed E-state index contributed by atoms with van der Waals surface area (Å²) in [6.07, 6.45) is 0. The average molecular weight is 365 g/mol. The molecule has 0 saturated carbocycles. The largest absolute Gasteiger partial charge is 0.460 e. The summed E-state index contributed by atoms with van der Waals surface area (Å²) in [5.41, 5.74) is 3.26. The van der Waals surface area contributed by atoms with Crippen LogP contribution in [0.5, 0.6) is 0 Å². The number of carbonyl (C=O) groups excluding carboxylic acids is 2. The summed E-state index contributed by atoms with van der Waals surface area (Å²) in [6, 6.07) is 5.36. The van der Waals surface area contributed by atoms with Gasteiger partial charge >= 0.3 is 5.97 Å². The maximum Gasteiger partial charge on any atom is 0.340 e. The summed E-state index contributed by atoms with van der Waals surface area (Å²) in [5, 5.41) is 3.20. The fraction of sp³-hybridized carbons (Fsp3) is 0.333. The number of carbonyl (C=O) groups is 2. The highest BCUT2D eigenvalue weighted by Gasteiger charge is 2.23. The summed E-state index contributed by atoms with van der Waals surface area (Å²) in [5.74, 6) is -0.863. The summed E-state index contributed by atoms with van der Waals surface area (Å²) in [7, 11) is 1.53. The van der Waals surface area contributed by atoms with E-state index in [4.69, 9.17) is 21.1 Å². The Morgan fingerprint density at radius 3 is 2.56 bits per heavy atom. The van der Waals surface area contributed by atoms with Crippen molar-refractivity contribution in [3.63, 3.8) is 0 Å². The molecule has 1 amide bonds. The highest BCUT2D eigenvalue weighted by Crippen LogP contribution is 2.25. The van der Waals surface area contributed by atoms with Crippen molar-refractivity contribution < 1.29 is 19.1 Å². The van der Waals surface area contributed by atoms with Crippen molar-refractivity contribution in [3.05, 3.63) is 51.3 Å². The molecule has 2 rings (SSSR count). The van der Waals surface area contributed by atoms with Crippen LogP contribution in [0.1, 0.15) is 37.7 Å². The highest BCUT2D eigenvalue weighted by atomic mass is 35.5. The predicted molar refractivity (Wildman–Crippen MR) is 96.6 cm³/mol. The third kappa shape index (κ3) is 4.41. The molecule has 25 heavy (non-hydrogen) atoms. The first-order valence-electron chi connectivity index (χ1n) is 7.77. The molecule has 2 N–H and O–H groups in total. The molecule has 1 heterocycles. The van der Waals surface area contributed by atoms with Crippen LogP contribution < -0.4 is 5.32 Å². The van der Waals surface area contributed by atoms with Crippen LogP contribution in [0.4, 0.5) is 5.69 Å². The molecule has 134 valence electrons. The molecule has 0 aliphatic carbocycles. The Balaban J connectivity index is 2.20. The molecule has 7 heteroatoms. The first kappa shape index (κ1) is 19.0. The zero-order valence-electron chi connectivity index (χ0n) is 14.7. The van der Waals surface area contributed by atoms with Crippen LogP contribution in [-0.4, -0.2) is 37.2 Å². The number of hydrogen-bond acceptors (Lipinski definition) is 4. The Morgan fingerprint density at radius 1 is 1.20 bits per heavy atom. The van der Waals surface area contributed by atoms with Gasteiger partial charge in [-0.1, -0.05) is 17.7 Å². The minimum absolute atomic E-state index is 0.153. The van der Waals surface area contributed by atoms with Gasteiger partial charge in [-0.2, -0.15) is 0 Å². The SMILES string of the molecule is COCCOC(=O)c1c(C)[nH]c(C(=O)Nc2ccc(C)cc2Cl)c1C. The number of amides is 1. The lowest BCUT2D eigenvalue weighted by Crippen LogP contribution is -2.15. The van der Waals surface area contributed by atoms with E-state index in [1.54, 1.807) is 26.0 Å². The van der Waals surface area contributed by atoms with E-state index in [1.165, 1.54) is 7.11 Å². The zero-order valence-corrected chi connectivity index (χ0v) is 15.4. The van der Waals surface area contributed by atoms with Crippen LogP contribution >= 0.6 is 11.6 Å². The van der Waals surface area contributed by atoms with Gasteiger partial charge in [0.05, 0.1) is 22.9 Å². The van der Waals surface area contributed by atoms with Crippen molar-refractivity contribution in [3.8, 4) is 0 Å². The van der Waals surface area contributed by atoms with Gasteiger partial charge < -0.3 is 19.8 Å². The monoisotopic (exact) mass is 364 g/mol. The summed E-state index contributed by atoms with van der Waals surface area (Å²) in [6.45, 7) is 5.79. The van der Waals surface area contributed by atoms with E-state index in [0.29, 0.717) is 39.8 Å². The minimum Gasteiger partial charge on any atom is -0.460 e. The summed E-state index contributed by atoms with van der Waals surface area (Å²) >= 11 is 6.15. The molecule has 0 bridgehead atoms. The Hall–Kier alpha value is -2.31. The quantitative estimate of drug-likeness (QED) is 0.605. The van der Waals surface area contributed by atoms with Crippen molar-refractivity contribution in [1.82, 2.24) is 4.98 Å². The molecular weight excluding hydrogens is 344 g/mol. The molecule has 1 aromatic heterocycles. The summed E-state index contributed by atoms with van der Waals surface area (Å²) in [4.78, 5) is 27.7. The molecule has 0 unspecified atom stereocenters. The first-order chi connectivity index (χ1) is 11.8. The number of rotatable bonds is 6. The number of aromatic nitrogens is 1. The molecule has 0 radical (unpaired) electrons. The van der Waals surface area contributed by atoms with E-state index in [0.717, 1.165) is 5.56 Å². The maximum atomic E-state index is 12.5. The van der Waals surface area contributed by atoms with Gasteiger partial charge in [0.1, 0.15) is 12.3 Å². The van der Waals surface area contributed by atoms with Crippen LogP contribution in [0, 0.1) is 20.8 Å². The molecule has 0 aliphatic rings. The highest BCUT2D eigenvalue weighted by molar-refractivity contribution is 6.34. The number of anilines is 1. The van der Waals surface area contributed by atoms with E-state index in [9.17, 15) is 9.59 Å². The Kier molecular flexibility index (Phi) is 6.22. The second-order valence-corrected chi connectivity index (χ2v) is 6.10. The first-order valence-corrected chi connectivity index (χ1v) is 8.15. The number of nitrogens with one attached hydrogen (secondary N) is 2. The van der Waals surface area contributed by atoms with E-state index in [1.807, 2.05) is 13.0 Å². The second-order valence-electron chi connectivity index (χ2n) is 5.69. The number of methoxy groups -OCH3 is 1. The van der Waals surface area contributed by atoms with E-state index < -0.39 is 5.97 Å². The van der Waals surface area contributed by atoms with Crippen LogP contribution in [0.2, 0.25) is 5.02 Å². The van der Waals surface area contributed by atoms with Gasteiger partial charge in [0.15, 0.2) is 0 Å². The van der Waals surface area contributed by atoms with Crippen LogP contribution in [0.3, 0.4) is 0 Å². The van der Waals surface area contributed by atoms with Crippen LogP contribution in [0.25, 0.3) is 0 Å². The molecule has 1 aromatic carbocycles. The third-order valence-corrected chi connectivity index (χ3v) is 4.07. The number of benzene rings is 1. The maximum absolute atomic E-state index is 12.5. The standard InChI is InChI=1S/C18H21ClN2O4/c1-10-5-6-14(13(19)9-10)21-17(22)16-11(2)15(12(3)20-16)18(23)25-8-7-24-4/h5-6,9,20H,7-8H2,1-4H3,(H,21,22). The molecule has 0 saturated heterocycles. The van der Waals surface area contributed by atoms with Gasteiger partial charge in [-0.25, -0.2) is 4.79 Å². The number of aryl methyl sites for hydroxylation is 2. The van der Waals surface area contributed by atoms with Crippen LogP contribution in [0.15, 0.2) is 18.2 Å². The normalized spacial score (nSPS) is 10.6. The van der Waals surface area contributed by atoms with Crippen molar-refractivity contribution >= 4 is 29.2 Å². The number of hydrogen-bond donors (Lipinski definition) is 2. The van der Waals surface area contributed by atoms with Crippen LogP contribution in [-0.2, 0) is 9.47 Å². The average Bonchev–Trinajstić information content (AvgIpc) is 2.85. The van der Waals surface area contributed by atoms with Crippen molar-refractivity contribution in [2.24, 2.45) is 0 Å². The molecule has 0 spiro atoms. The van der Waals surface area contributed by atoms with Gasteiger partial charge in [-0.15, -0.1) is 0 Å². The summed E-state index contributed by atoms with van der Waals surface area (Å²) < 4.78 is 9.99. The van der Waals surface area contributed by atoms with E-state index in [-0.39, 0.29) is 12.5 Å². The van der Waals surface area contributed by atoms with E-state index >= 15 is 0 Å². The van der Waals surface area contributed by atoms with Gasteiger partial charge in [0, 0.05) is 12.8 Å². The molecule has 6 nitrogen and oxygen atoms in total. The van der Waals surface area contributed by atoms with Gasteiger partial charge in [0.25, 0.3) is 5.91 Å². The smallest absolute Gasteiger partial charge is 0.340 e. The number of halogens is 1. The lowest BCUT2D eigenvalue weighted by molar-refractivity contribution is 0.0387. The number of ether oxygens (including phenoxy) is 2. The minimum atomic E-state index is -0.490. The predicted octanol–water partition coefficient (Wildman–Crippen LogP) is 3.65. The zero-order chi connectivity index (χ0) is 18.6. The van der Waals surface area contributed by atoms with Gasteiger partial charge in [0.2, 0.25) is 0 Å². The fourth-order valence-corrected chi connectivity index (χ4v) is 2.76. The fourth-order valence-electron chi connectivity index (χ4n) is 2.48. The third-order valence-electron chi connectivity index (χ3n) is 3.76. The van der Waals surface area contributed by atoms with Crippen molar-refractivity contribution in [1.29, 1.82) is 0 Å². The number of H-pyrrole nitrogens is 1. The topological polar surface area (TPSA) is 80.4 Å². The molecule has 2 aromatic rings. The van der Waals surface area contributed by atoms with E-state index in [2.05, 4.69) is 10.3 Å². The Morgan fingerprint density at radius 2 is 1.92 bits per heavy atom. The molecule has 0 aliphatic heterocycles. The number of aromatic amines is 1. The Bertz CT molecular complexity index is 799. The van der Waals surface area contributed by atoms with Crippen molar-refractivity contribution in [2.75, 3.05) is 25.6 Å². The molecule has 0 atom stereocenters. The second kappa shape index (κ2) is 8.18. The van der Waals surface area contributed by atoms with Gasteiger partial charge in [-0.05, 0) is 44.0 Å². The lowest BCUT2D eigenvalue weighted by atomic mass is 10.1. The lowest BCUT2D eigenvalue weighted by Gasteiger charge is -2.08. The Labute approximate surface area is 151 Å². The number of esters is 1. The molecular formula is C18H21ClN2O4. The molecule has 0 fully saturated rings.